The second-order valence-corrected chi connectivity index (χ2v) is 5.57. The number of hydrogen-bond acceptors (Lipinski definition) is 5. The van der Waals surface area contributed by atoms with Crippen LogP contribution >= 0.6 is 0 Å². The molecule has 0 aliphatic heterocycles. The topological polar surface area (TPSA) is 82.6 Å². The van der Waals surface area contributed by atoms with Crippen LogP contribution < -0.4 is 0 Å². The van der Waals surface area contributed by atoms with E-state index in [4.69, 9.17) is 9.15 Å². The van der Waals surface area contributed by atoms with Gasteiger partial charge in [0.1, 0.15) is 17.7 Å². The zero-order chi connectivity index (χ0) is 18.7. The van der Waals surface area contributed by atoms with Gasteiger partial charge in [0.25, 0.3) is 5.69 Å². The fourth-order valence-electron chi connectivity index (χ4n) is 2.37. The molecule has 0 fully saturated rings. The Kier molecular flexibility index (Phi) is 4.79. The molecular weight excluding hydrogens is 341 g/mol. The highest BCUT2D eigenvalue weighted by Gasteiger charge is 2.18. The minimum absolute atomic E-state index is 0.00677. The fourth-order valence-corrected chi connectivity index (χ4v) is 2.37. The van der Waals surface area contributed by atoms with Crippen LogP contribution in [0.2, 0.25) is 0 Å². The lowest BCUT2D eigenvalue weighted by Crippen LogP contribution is -2.08. The van der Waals surface area contributed by atoms with Crippen molar-refractivity contribution in [2.75, 3.05) is 0 Å². The first-order valence-electron chi connectivity index (χ1n) is 7.75. The van der Waals surface area contributed by atoms with Crippen LogP contribution in [0.25, 0.3) is 11.3 Å². The molecule has 0 unspecified atom stereocenters. The molecule has 3 aromatic rings. The van der Waals surface area contributed by atoms with Crippen LogP contribution in [0.1, 0.15) is 29.1 Å². The number of carbonyl (C=O) groups excluding carboxylic acids is 1. The summed E-state index contributed by atoms with van der Waals surface area (Å²) in [6.07, 6.45) is -0.573. The number of nitro groups is 1. The maximum atomic E-state index is 13.0. The molecule has 0 bridgehead atoms. The SMILES string of the molecule is C[C@H](OC(=O)c1ccc(-c2ccc([N+](=O)[O-])cc2)o1)c1ccc(F)cc1. The van der Waals surface area contributed by atoms with Crippen molar-refractivity contribution in [1.82, 2.24) is 0 Å². The van der Waals surface area contributed by atoms with Gasteiger partial charge in [-0.1, -0.05) is 12.1 Å². The standard InChI is InChI=1S/C19H14FNO5/c1-12(13-2-6-15(20)7-3-13)25-19(22)18-11-10-17(26-18)14-4-8-16(9-5-14)21(23)24/h2-12H,1H3/t12-/m0/s1. The zero-order valence-electron chi connectivity index (χ0n) is 13.7. The summed E-state index contributed by atoms with van der Waals surface area (Å²) in [6.45, 7) is 1.67. The average molecular weight is 355 g/mol. The number of nitro benzene ring substituents is 1. The quantitative estimate of drug-likeness (QED) is 0.369. The average Bonchev–Trinajstić information content (AvgIpc) is 3.12. The number of carbonyl (C=O) groups is 1. The van der Waals surface area contributed by atoms with Crippen LogP contribution in [0.3, 0.4) is 0 Å². The summed E-state index contributed by atoms with van der Waals surface area (Å²) in [4.78, 5) is 22.4. The van der Waals surface area contributed by atoms with E-state index in [0.717, 1.165) is 0 Å². The van der Waals surface area contributed by atoms with Crippen LogP contribution in [0, 0.1) is 15.9 Å². The third-order valence-electron chi connectivity index (χ3n) is 3.79. The maximum Gasteiger partial charge on any atom is 0.374 e. The van der Waals surface area contributed by atoms with E-state index in [1.807, 2.05) is 0 Å². The van der Waals surface area contributed by atoms with Crippen molar-refractivity contribution in [3.63, 3.8) is 0 Å². The van der Waals surface area contributed by atoms with Crippen LogP contribution in [0.4, 0.5) is 10.1 Å². The summed E-state index contributed by atoms with van der Waals surface area (Å²) >= 11 is 0. The third kappa shape index (κ3) is 3.77. The lowest BCUT2D eigenvalue weighted by Gasteiger charge is -2.12. The summed E-state index contributed by atoms with van der Waals surface area (Å²) in [5, 5.41) is 10.7. The van der Waals surface area contributed by atoms with Crippen LogP contribution in [0.5, 0.6) is 0 Å². The lowest BCUT2D eigenvalue weighted by molar-refractivity contribution is -0.384. The van der Waals surface area contributed by atoms with Gasteiger partial charge in [-0.15, -0.1) is 0 Å². The van der Waals surface area contributed by atoms with Crippen LogP contribution in [0.15, 0.2) is 65.1 Å². The molecule has 0 radical (unpaired) electrons. The van der Waals surface area contributed by atoms with Gasteiger partial charge in [-0.25, -0.2) is 9.18 Å². The summed E-state index contributed by atoms with van der Waals surface area (Å²) in [5.74, 6) is -0.630. The Morgan fingerprint density at radius 1 is 1.08 bits per heavy atom. The third-order valence-corrected chi connectivity index (χ3v) is 3.79. The number of furan rings is 1. The van der Waals surface area contributed by atoms with E-state index in [1.165, 1.54) is 54.6 Å². The lowest BCUT2D eigenvalue weighted by atomic mass is 10.1. The summed E-state index contributed by atoms with van der Waals surface area (Å²) in [6, 6.07) is 14.5. The number of nitrogens with zero attached hydrogens (tertiary/aromatic N) is 1. The molecule has 1 atom stereocenters. The summed E-state index contributed by atoms with van der Waals surface area (Å²) in [7, 11) is 0. The first-order valence-corrected chi connectivity index (χ1v) is 7.75. The Hall–Kier alpha value is -3.48. The van der Waals surface area contributed by atoms with Crippen molar-refractivity contribution in [3.8, 4) is 11.3 Å². The fraction of sp³-hybridized carbons (Fsp3) is 0.105. The van der Waals surface area contributed by atoms with Gasteiger partial charge < -0.3 is 9.15 Å². The molecule has 2 aromatic carbocycles. The molecule has 7 heteroatoms. The zero-order valence-corrected chi connectivity index (χ0v) is 13.7. The number of halogens is 1. The molecule has 26 heavy (non-hydrogen) atoms. The molecule has 0 amide bonds. The monoisotopic (exact) mass is 355 g/mol. The van der Waals surface area contributed by atoms with E-state index in [0.29, 0.717) is 16.9 Å². The van der Waals surface area contributed by atoms with E-state index in [-0.39, 0.29) is 17.3 Å². The molecule has 6 nitrogen and oxygen atoms in total. The van der Waals surface area contributed by atoms with E-state index < -0.39 is 17.0 Å². The Bertz CT molecular complexity index is 931. The number of benzene rings is 2. The Morgan fingerprint density at radius 3 is 2.35 bits per heavy atom. The van der Waals surface area contributed by atoms with Gasteiger partial charge in [0, 0.05) is 17.7 Å². The Balaban J connectivity index is 1.71. The molecular formula is C19H14FNO5. The van der Waals surface area contributed by atoms with Crippen molar-refractivity contribution >= 4 is 11.7 Å². The number of non-ortho nitro benzene ring substituents is 1. The Labute approximate surface area is 148 Å². The smallest absolute Gasteiger partial charge is 0.374 e. The molecule has 3 rings (SSSR count). The summed E-state index contributed by atoms with van der Waals surface area (Å²) in [5.41, 5.74) is 1.22. The summed E-state index contributed by atoms with van der Waals surface area (Å²) < 4.78 is 23.8. The normalized spacial score (nSPS) is 11.8. The van der Waals surface area contributed by atoms with Gasteiger partial charge in [-0.05, 0) is 48.9 Å². The molecule has 0 saturated heterocycles. The second-order valence-electron chi connectivity index (χ2n) is 5.57. The molecule has 0 saturated carbocycles. The number of hydrogen-bond donors (Lipinski definition) is 0. The minimum atomic E-state index is -0.657. The molecule has 1 heterocycles. The molecule has 1 aromatic heterocycles. The highest BCUT2D eigenvalue weighted by atomic mass is 19.1. The van der Waals surface area contributed by atoms with Crippen LogP contribution in [-0.4, -0.2) is 10.9 Å². The van der Waals surface area contributed by atoms with Gasteiger partial charge in [0.2, 0.25) is 5.76 Å². The maximum absolute atomic E-state index is 13.0. The van der Waals surface area contributed by atoms with Gasteiger partial charge in [0.05, 0.1) is 4.92 Å². The Morgan fingerprint density at radius 2 is 1.73 bits per heavy atom. The van der Waals surface area contributed by atoms with Gasteiger partial charge in [-0.3, -0.25) is 10.1 Å². The minimum Gasteiger partial charge on any atom is -0.452 e. The number of ether oxygens (including phenoxy) is 1. The molecule has 0 aliphatic rings. The number of rotatable bonds is 5. The van der Waals surface area contributed by atoms with Gasteiger partial charge in [0.15, 0.2) is 0 Å². The molecule has 0 aliphatic carbocycles. The van der Waals surface area contributed by atoms with Crippen molar-refractivity contribution < 1.29 is 23.3 Å². The predicted octanol–water partition coefficient (Wildman–Crippen LogP) is 4.91. The highest BCUT2D eigenvalue weighted by Crippen LogP contribution is 2.26. The van der Waals surface area contributed by atoms with E-state index in [2.05, 4.69) is 0 Å². The van der Waals surface area contributed by atoms with E-state index in [9.17, 15) is 19.3 Å². The largest absolute Gasteiger partial charge is 0.452 e. The van der Waals surface area contributed by atoms with E-state index in [1.54, 1.807) is 13.0 Å². The van der Waals surface area contributed by atoms with Gasteiger partial charge in [-0.2, -0.15) is 0 Å². The van der Waals surface area contributed by atoms with Crippen molar-refractivity contribution in [1.29, 1.82) is 0 Å². The number of esters is 1. The second kappa shape index (κ2) is 7.18. The molecule has 132 valence electrons. The molecule has 0 N–H and O–H groups in total. The van der Waals surface area contributed by atoms with Crippen molar-refractivity contribution in [3.05, 3.63) is 87.9 Å². The van der Waals surface area contributed by atoms with Crippen LogP contribution in [-0.2, 0) is 4.74 Å². The predicted molar refractivity (Wildman–Crippen MR) is 91.0 cm³/mol. The highest BCUT2D eigenvalue weighted by molar-refractivity contribution is 5.87. The van der Waals surface area contributed by atoms with Crippen molar-refractivity contribution in [2.24, 2.45) is 0 Å². The van der Waals surface area contributed by atoms with Gasteiger partial charge >= 0.3 is 5.97 Å². The first-order chi connectivity index (χ1) is 12.4. The van der Waals surface area contributed by atoms with Crippen molar-refractivity contribution in [2.45, 2.75) is 13.0 Å². The molecule has 0 spiro atoms. The first kappa shape index (κ1) is 17.3. The van der Waals surface area contributed by atoms with E-state index >= 15 is 0 Å².